The summed E-state index contributed by atoms with van der Waals surface area (Å²) in [6.45, 7) is 2.13. The van der Waals surface area contributed by atoms with E-state index in [9.17, 15) is 4.79 Å². The van der Waals surface area contributed by atoms with Crippen LogP contribution < -0.4 is 5.32 Å². The summed E-state index contributed by atoms with van der Waals surface area (Å²) in [4.78, 5) is 11.8. The van der Waals surface area contributed by atoms with Gasteiger partial charge >= 0.3 is 0 Å². The van der Waals surface area contributed by atoms with E-state index in [4.69, 9.17) is 0 Å². The van der Waals surface area contributed by atoms with Gasteiger partial charge in [-0.15, -0.1) is 0 Å². The SMILES string of the molecule is CCC(CCBr)NC(=O)C1CCCC1. The van der Waals surface area contributed by atoms with Crippen LogP contribution in [0, 0.1) is 5.92 Å². The maximum Gasteiger partial charge on any atom is 0.223 e. The number of carbonyl (C=O) groups is 1. The zero-order valence-electron chi connectivity index (χ0n) is 8.89. The predicted molar refractivity (Wildman–Crippen MR) is 62.6 cm³/mol. The molecule has 1 amide bonds. The van der Waals surface area contributed by atoms with E-state index >= 15 is 0 Å². The number of nitrogens with one attached hydrogen (secondary N) is 1. The lowest BCUT2D eigenvalue weighted by Gasteiger charge is -2.18. The van der Waals surface area contributed by atoms with Crippen LogP contribution in [-0.2, 0) is 4.79 Å². The highest BCUT2D eigenvalue weighted by Gasteiger charge is 2.23. The third kappa shape index (κ3) is 3.60. The largest absolute Gasteiger partial charge is 0.353 e. The molecule has 1 N–H and O–H groups in total. The van der Waals surface area contributed by atoms with Crippen LogP contribution in [0.15, 0.2) is 0 Å². The van der Waals surface area contributed by atoms with Gasteiger partial charge in [0, 0.05) is 17.3 Å². The predicted octanol–water partition coefficient (Wildman–Crippen LogP) is 2.86. The van der Waals surface area contributed by atoms with Crippen molar-refractivity contribution in [1.29, 1.82) is 0 Å². The Hall–Kier alpha value is -0.0500. The van der Waals surface area contributed by atoms with Crippen LogP contribution in [0.3, 0.4) is 0 Å². The number of hydrogen-bond donors (Lipinski definition) is 1. The molecule has 0 heterocycles. The summed E-state index contributed by atoms with van der Waals surface area (Å²) in [7, 11) is 0. The molecule has 0 spiro atoms. The Morgan fingerprint density at radius 2 is 2.14 bits per heavy atom. The summed E-state index contributed by atoms with van der Waals surface area (Å²) in [6.07, 6.45) is 6.72. The summed E-state index contributed by atoms with van der Waals surface area (Å²) < 4.78 is 0. The molecule has 82 valence electrons. The standard InChI is InChI=1S/C11H20BrNO/c1-2-10(7-8-12)13-11(14)9-5-3-4-6-9/h9-10H,2-8H2,1H3,(H,13,14). The molecule has 0 bridgehead atoms. The van der Waals surface area contributed by atoms with Gasteiger partial charge < -0.3 is 5.32 Å². The van der Waals surface area contributed by atoms with Crippen molar-refractivity contribution in [3.63, 3.8) is 0 Å². The first-order valence-corrected chi connectivity index (χ1v) is 6.76. The smallest absolute Gasteiger partial charge is 0.223 e. The van der Waals surface area contributed by atoms with Crippen molar-refractivity contribution >= 4 is 21.8 Å². The molecule has 3 heteroatoms. The second-order valence-corrected chi connectivity index (χ2v) is 4.87. The van der Waals surface area contributed by atoms with Crippen molar-refractivity contribution < 1.29 is 4.79 Å². The van der Waals surface area contributed by atoms with E-state index in [1.165, 1.54) is 12.8 Å². The number of carbonyl (C=O) groups excluding carboxylic acids is 1. The molecule has 0 aliphatic heterocycles. The molecule has 1 fully saturated rings. The summed E-state index contributed by atoms with van der Waals surface area (Å²) in [5.41, 5.74) is 0. The molecule has 1 rings (SSSR count). The molecule has 0 radical (unpaired) electrons. The maximum absolute atomic E-state index is 11.8. The van der Waals surface area contributed by atoms with Gasteiger partial charge in [-0.2, -0.15) is 0 Å². The van der Waals surface area contributed by atoms with Gasteiger partial charge in [0.2, 0.25) is 5.91 Å². The van der Waals surface area contributed by atoms with Crippen LogP contribution in [0.4, 0.5) is 0 Å². The molecule has 0 aromatic rings. The molecule has 1 unspecified atom stereocenters. The molecule has 14 heavy (non-hydrogen) atoms. The Kier molecular flexibility index (Phi) is 5.53. The zero-order chi connectivity index (χ0) is 10.4. The van der Waals surface area contributed by atoms with E-state index in [2.05, 4.69) is 28.2 Å². The van der Waals surface area contributed by atoms with E-state index in [1.807, 2.05) is 0 Å². The molecule has 0 saturated heterocycles. The lowest BCUT2D eigenvalue weighted by atomic mass is 10.1. The minimum Gasteiger partial charge on any atom is -0.353 e. The van der Waals surface area contributed by atoms with Crippen LogP contribution >= 0.6 is 15.9 Å². The summed E-state index contributed by atoms with van der Waals surface area (Å²) in [5, 5.41) is 4.11. The van der Waals surface area contributed by atoms with Gasteiger partial charge in [-0.25, -0.2) is 0 Å². The number of amides is 1. The van der Waals surface area contributed by atoms with E-state index < -0.39 is 0 Å². The fourth-order valence-electron chi connectivity index (χ4n) is 2.02. The van der Waals surface area contributed by atoms with Gasteiger partial charge in [-0.05, 0) is 25.7 Å². The fraction of sp³-hybridized carbons (Fsp3) is 0.909. The number of rotatable bonds is 5. The van der Waals surface area contributed by atoms with Gasteiger partial charge in [-0.3, -0.25) is 4.79 Å². The van der Waals surface area contributed by atoms with E-state index in [0.29, 0.717) is 12.0 Å². The number of alkyl halides is 1. The molecular weight excluding hydrogens is 242 g/mol. The highest BCUT2D eigenvalue weighted by Crippen LogP contribution is 2.24. The first kappa shape index (κ1) is 12.0. The fourth-order valence-corrected chi connectivity index (χ4v) is 2.57. The Balaban J connectivity index is 2.29. The van der Waals surface area contributed by atoms with Crippen LogP contribution in [-0.4, -0.2) is 17.3 Å². The number of halogens is 1. The molecule has 1 aliphatic carbocycles. The molecule has 1 aliphatic rings. The van der Waals surface area contributed by atoms with E-state index in [0.717, 1.165) is 31.0 Å². The summed E-state index contributed by atoms with van der Waals surface area (Å²) in [6, 6.07) is 0.363. The van der Waals surface area contributed by atoms with Gasteiger partial charge in [0.25, 0.3) is 0 Å². The minimum absolute atomic E-state index is 0.287. The highest BCUT2D eigenvalue weighted by molar-refractivity contribution is 9.09. The molecule has 0 aromatic carbocycles. The Morgan fingerprint density at radius 1 is 1.50 bits per heavy atom. The van der Waals surface area contributed by atoms with E-state index in [-0.39, 0.29) is 5.91 Å². The van der Waals surface area contributed by atoms with E-state index in [1.54, 1.807) is 0 Å². The second kappa shape index (κ2) is 6.44. The van der Waals surface area contributed by atoms with Crippen molar-refractivity contribution in [2.45, 2.75) is 51.5 Å². The summed E-state index contributed by atoms with van der Waals surface area (Å²) >= 11 is 3.41. The molecule has 1 atom stereocenters. The number of hydrogen-bond acceptors (Lipinski definition) is 1. The van der Waals surface area contributed by atoms with Crippen LogP contribution in [0.5, 0.6) is 0 Å². The van der Waals surface area contributed by atoms with Crippen molar-refractivity contribution in [2.24, 2.45) is 5.92 Å². The normalized spacial score (nSPS) is 19.6. The third-order valence-corrected chi connectivity index (χ3v) is 3.48. The second-order valence-electron chi connectivity index (χ2n) is 4.07. The highest BCUT2D eigenvalue weighted by atomic mass is 79.9. The first-order valence-electron chi connectivity index (χ1n) is 5.64. The third-order valence-electron chi connectivity index (χ3n) is 3.02. The quantitative estimate of drug-likeness (QED) is 0.758. The van der Waals surface area contributed by atoms with Gasteiger partial charge in [0.1, 0.15) is 0 Å². The van der Waals surface area contributed by atoms with Crippen LogP contribution in [0.1, 0.15) is 45.4 Å². The van der Waals surface area contributed by atoms with Gasteiger partial charge in [0.15, 0.2) is 0 Å². The van der Waals surface area contributed by atoms with Crippen molar-refractivity contribution in [2.75, 3.05) is 5.33 Å². The molecule has 1 saturated carbocycles. The molecule has 0 aromatic heterocycles. The van der Waals surface area contributed by atoms with Gasteiger partial charge in [0.05, 0.1) is 0 Å². The average molecular weight is 262 g/mol. The van der Waals surface area contributed by atoms with Crippen molar-refractivity contribution in [1.82, 2.24) is 5.32 Å². The Bertz CT molecular complexity index is 178. The first-order chi connectivity index (χ1) is 6.77. The zero-order valence-corrected chi connectivity index (χ0v) is 10.5. The molecule has 2 nitrogen and oxygen atoms in total. The summed E-state index contributed by atoms with van der Waals surface area (Å²) in [5.74, 6) is 0.592. The Labute approximate surface area is 95.0 Å². The maximum atomic E-state index is 11.8. The minimum atomic E-state index is 0.287. The lowest BCUT2D eigenvalue weighted by Crippen LogP contribution is -2.38. The van der Waals surface area contributed by atoms with Gasteiger partial charge in [-0.1, -0.05) is 35.7 Å². The Morgan fingerprint density at radius 3 is 2.64 bits per heavy atom. The van der Waals surface area contributed by atoms with Crippen LogP contribution in [0.2, 0.25) is 0 Å². The monoisotopic (exact) mass is 261 g/mol. The lowest BCUT2D eigenvalue weighted by molar-refractivity contribution is -0.125. The average Bonchev–Trinajstić information content (AvgIpc) is 2.69. The topological polar surface area (TPSA) is 29.1 Å². The molecular formula is C11H20BrNO. The van der Waals surface area contributed by atoms with Crippen molar-refractivity contribution in [3.8, 4) is 0 Å². The van der Waals surface area contributed by atoms with Crippen molar-refractivity contribution in [3.05, 3.63) is 0 Å². The van der Waals surface area contributed by atoms with Crippen LogP contribution in [0.25, 0.3) is 0 Å².